The maximum atomic E-state index is 11.4. The third-order valence-electron chi connectivity index (χ3n) is 1.75. The van der Waals surface area contributed by atoms with E-state index >= 15 is 0 Å². The number of carbonyl (C=O) groups is 2. The summed E-state index contributed by atoms with van der Waals surface area (Å²) in [5.41, 5.74) is -0.357. The van der Waals surface area contributed by atoms with Crippen molar-refractivity contribution in [2.45, 2.75) is 27.7 Å². The molecule has 0 rings (SSSR count). The van der Waals surface area contributed by atoms with Crippen LogP contribution in [0.4, 0.5) is 0 Å². The highest BCUT2D eigenvalue weighted by Gasteiger charge is 2.22. The summed E-state index contributed by atoms with van der Waals surface area (Å²) in [4.78, 5) is 23.6. The lowest BCUT2D eigenvalue weighted by molar-refractivity contribution is -0.135. The minimum absolute atomic E-state index is 0.0763. The maximum Gasteiger partial charge on any atom is 0.219 e. The molecule has 12 heavy (non-hydrogen) atoms. The predicted octanol–water partition coefficient (Wildman–Crippen LogP) is 1.08. The molecular weight excluding hydrogens is 154 g/mol. The second kappa shape index (κ2) is 3.70. The molecule has 70 valence electrons. The molecule has 0 aliphatic rings. The Hall–Kier alpha value is -0.860. The normalized spacial score (nSPS) is 11.1. The van der Waals surface area contributed by atoms with Gasteiger partial charge in [-0.05, 0) is 0 Å². The van der Waals surface area contributed by atoms with Gasteiger partial charge >= 0.3 is 0 Å². The van der Waals surface area contributed by atoms with Crippen LogP contribution in [0.3, 0.4) is 0 Å². The number of carbonyl (C=O) groups excluding carboxylic acids is 2. The summed E-state index contributed by atoms with van der Waals surface area (Å²) in [6, 6.07) is 0. The van der Waals surface area contributed by atoms with Gasteiger partial charge in [0.1, 0.15) is 0 Å². The Morgan fingerprint density at radius 3 is 1.92 bits per heavy atom. The molecule has 0 aromatic rings. The quantitative estimate of drug-likeness (QED) is 0.623. The van der Waals surface area contributed by atoms with Gasteiger partial charge in [0.05, 0.1) is 6.54 Å². The van der Waals surface area contributed by atoms with Crippen molar-refractivity contribution in [3.63, 3.8) is 0 Å². The molecule has 0 spiro atoms. The van der Waals surface area contributed by atoms with Gasteiger partial charge in [-0.15, -0.1) is 0 Å². The molecule has 0 fully saturated rings. The number of likely N-dealkylation sites (N-methyl/N-ethyl adjacent to an activating group) is 1. The highest BCUT2D eigenvalue weighted by molar-refractivity contribution is 5.88. The van der Waals surface area contributed by atoms with Crippen LogP contribution < -0.4 is 0 Å². The van der Waals surface area contributed by atoms with Gasteiger partial charge in [0.15, 0.2) is 5.78 Å². The zero-order chi connectivity index (χ0) is 9.94. The number of rotatable bonds is 2. The van der Waals surface area contributed by atoms with Crippen molar-refractivity contribution in [3.05, 3.63) is 0 Å². The largest absolute Gasteiger partial charge is 0.339 e. The molecule has 0 atom stereocenters. The molecule has 0 radical (unpaired) electrons. The standard InChI is InChI=1S/C9H17NO2/c1-7(11)10(5)6-8(12)9(2,3)4/h6H2,1-5H3. The first-order valence-corrected chi connectivity index (χ1v) is 4.00. The maximum absolute atomic E-state index is 11.4. The summed E-state index contributed by atoms with van der Waals surface area (Å²) in [5.74, 6) is 0.00722. The van der Waals surface area contributed by atoms with Gasteiger partial charge in [-0.2, -0.15) is 0 Å². The Labute approximate surface area is 73.7 Å². The van der Waals surface area contributed by atoms with E-state index < -0.39 is 0 Å². The average molecular weight is 171 g/mol. The van der Waals surface area contributed by atoms with E-state index in [-0.39, 0.29) is 23.7 Å². The summed E-state index contributed by atoms with van der Waals surface area (Å²) in [6.07, 6.45) is 0. The molecule has 0 aromatic heterocycles. The second-order valence-corrected chi connectivity index (χ2v) is 4.05. The summed E-state index contributed by atoms with van der Waals surface area (Å²) >= 11 is 0. The summed E-state index contributed by atoms with van der Waals surface area (Å²) in [5, 5.41) is 0. The monoisotopic (exact) mass is 171 g/mol. The smallest absolute Gasteiger partial charge is 0.219 e. The minimum Gasteiger partial charge on any atom is -0.339 e. The Morgan fingerprint density at radius 1 is 1.25 bits per heavy atom. The van der Waals surface area contributed by atoms with Gasteiger partial charge in [0, 0.05) is 19.4 Å². The lowest BCUT2D eigenvalue weighted by Gasteiger charge is -2.21. The third-order valence-corrected chi connectivity index (χ3v) is 1.75. The van der Waals surface area contributed by atoms with Gasteiger partial charge in [0.2, 0.25) is 5.91 Å². The zero-order valence-corrected chi connectivity index (χ0v) is 8.47. The molecule has 0 saturated heterocycles. The third kappa shape index (κ3) is 3.51. The number of amides is 1. The molecule has 0 aromatic carbocycles. The molecule has 1 amide bonds. The molecule has 3 heteroatoms. The fourth-order valence-corrected chi connectivity index (χ4v) is 0.564. The van der Waals surface area contributed by atoms with Crippen LogP contribution in [0, 0.1) is 5.41 Å². The molecule has 0 unspecified atom stereocenters. The average Bonchev–Trinajstić information content (AvgIpc) is 1.85. The predicted molar refractivity (Wildman–Crippen MR) is 47.8 cm³/mol. The van der Waals surface area contributed by atoms with E-state index in [1.54, 1.807) is 7.05 Å². The first-order valence-electron chi connectivity index (χ1n) is 4.00. The van der Waals surface area contributed by atoms with Crippen LogP contribution in [-0.4, -0.2) is 30.2 Å². The van der Waals surface area contributed by atoms with E-state index in [0.717, 1.165) is 0 Å². The van der Waals surface area contributed by atoms with Gasteiger partial charge in [-0.25, -0.2) is 0 Å². The van der Waals surface area contributed by atoms with Crippen LogP contribution in [0.1, 0.15) is 27.7 Å². The van der Waals surface area contributed by atoms with Crippen LogP contribution in [0.2, 0.25) is 0 Å². The Balaban J connectivity index is 4.11. The molecular formula is C9H17NO2. The van der Waals surface area contributed by atoms with E-state index in [4.69, 9.17) is 0 Å². The minimum atomic E-state index is -0.357. The molecule has 0 bridgehead atoms. The molecule has 0 N–H and O–H groups in total. The van der Waals surface area contributed by atoms with Crippen LogP contribution >= 0.6 is 0 Å². The number of Topliss-reactive ketones (excluding diaryl/α,β-unsaturated/α-hetero) is 1. The lowest BCUT2D eigenvalue weighted by Crippen LogP contribution is -2.35. The topological polar surface area (TPSA) is 37.4 Å². The van der Waals surface area contributed by atoms with Crippen molar-refractivity contribution < 1.29 is 9.59 Å². The molecule has 0 aliphatic carbocycles. The van der Waals surface area contributed by atoms with Crippen molar-refractivity contribution in [1.29, 1.82) is 0 Å². The SMILES string of the molecule is CC(=O)N(C)CC(=O)C(C)(C)C. The summed E-state index contributed by atoms with van der Waals surface area (Å²) < 4.78 is 0. The molecule has 0 heterocycles. The first-order chi connectivity index (χ1) is 5.25. The Bertz CT molecular complexity index is 191. The fourth-order valence-electron chi connectivity index (χ4n) is 0.564. The van der Waals surface area contributed by atoms with Crippen LogP contribution in [0.25, 0.3) is 0 Å². The van der Waals surface area contributed by atoms with E-state index in [9.17, 15) is 9.59 Å². The van der Waals surface area contributed by atoms with E-state index in [1.807, 2.05) is 20.8 Å². The van der Waals surface area contributed by atoms with Crippen molar-refractivity contribution in [1.82, 2.24) is 4.90 Å². The van der Waals surface area contributed by atoms with E-state index in [0.29, 0.717) is 0 Å². The van der Waals surface area contributed by atoms with E-state index in [1.165, 1.54) is 11.8 Å². The summed E-state index contributed by atoms with van der Waals surface area (Å²) in [6.45, 7) is 7.21. The highest BCUT2D eigenvalue weighted by atomic mass is 16.2. The van der Waals surface area contributed by atoms with Gasteiger partial charge in [-0.3, -0.25) is 9.59 Å². The van der Waals surface area contributed by atoms with E-state index in [2.05, 4.69) is 0 Å². The highest BCUT2D eigenvalue weighted by Crippen LogP contribution is 2.14. The van der Waals surface area contributed by atoms with Crippen molar-refractivity contribution in [3.8, 4) is 0 Å². The van der Waals surface area contributed by atoms with Crippen molar-refractivity contribution >= 4 is 11.7 Å². The number of hydrogen-bond acceptors (Lipinski definition) is 2. The molecule has 0 saturated carbocycles. The second-order valence-electron chi connectivity index (χ2n) is 4.05. The van der Waals surface area contributed by atoms with Crippen LogP contribution in [0.5, 0.6) is 0 Å². The van der Waals surface area contributed by atoms with Crippen molar-refractivity contribution in [2.24, 2.45) is 5.41 Å². The van der Waals surface area contributed by atoms with Crippen LogP contribution in [-0.2, 0) is 9.59 Å². The number of nitrogens with zero attached hydrogens (tertiary/aromatic N) is 1. The fraction of sp³-hybridized carbons (Fsp3) is 0.778. The van der Waals surface area contributed by atoms with Gasteiger partial charge in [0.25, 0.3) is 0 Å². The number of ketones is 1. The van der Waals surface area contributed by atoms with Gasteiger partial charge in [-0.1, -0.05) is 20.8 Å². The van der Waals surface area contributed by atoms with Gasteiger partial charge < -0.3 is 4.90 Å². The first kappa shape index (κ1) is 11.1. The van der Waals surface area contributed by atoms with Crippen LogP contribution in [0.15, 0.2) is 0 Å². The Morgan fingerprint density at radius 2 is 1.67 bits per heavy atom. The Kier molecular flexibility index (Phi) is 3.43. The number of hydrogen-bond donors (Lipinski definition) is 0. The zero-order valence-electron chi connectivity index (χ0n) is 8.47. The summed E-state index contributed by atoms with van der Waals surface area (Å²) in [7, 11) is 1.63. The molecule has 3 nitrogen and oxygen atoms in total. The van der Waals surface area contributed by atoms with Crippen molar-refractivity contribution in [2.75, 3.05) is 13.6 Å². The molecule has 0 aliphatic heterocycles. The lowest BCUT2D eigenvalue weighted by atomic mass is 9.90.